The van der Waals surface area contributed by atoms with Crippen LogP contribution in [0.15, 0.2) is 0 Å². The molecule has 2 aliphatic heterocycles. The van der Waals surface area contributed by atoms with Crippen LogP contribution in [0.4, 0.5) is 0 Å². The molecule has 118 valence electrons. The number of amides is 2. The maximum Gasteiger partial charge on any atom is 0.245 e. The minimum atomic E-state index is -0.389. The molecule has 0 aromatic carbocycles. The second kappa shape index (κ2) is 6.81. The zero-order valence-electron chi connectivity index (χ0n) is 12.7. The first-order valence-corrected chi connectivity index (χ1v) is 8.33. The maximum absolute atomic E-state index is 12.7. The molecule has 2 heterocycles. The molecule has 2 aliphatic rings. The summed E-state index contributed by atoms with van der Waals surface area (Å²) >= 11 is 4.17. The molecule has 0 N–H and O–H groups in total. The maximum atomic E-state index is 12.7. The summed E-state index contributed by atoms with van der Waals surface area (Å²) in [4.78, 5) is 40.1. The fraction of sp³-hybridized carbons (Fsp3) is 0.800. The van der Waals surface area contributed by atoms with Crippen molar-refractivity contribution in [2.75, 3.05) is 18.8 Å². The van der Waals surface area contributed by atoms with Gasteiger partial charge in [0.15, 0.2) is 5.78 Å². The van der Waals surface area contributed by atoms with Crippen molar-refractivity contribution in [1.82, 2.24) is 9.80 Å². The quantitative estimate of drug-likeness (QED) is 0.792. The Morgan fingerprint density at radius 1 is 1.10 bits per heavy atom. The van der Waals surface area contributed by atoms with E-state index in [9.17, 15) is 14.4 Å². The van der Waals surface area contributed by atoms with E-state index in [-0.39, 0.29) is 35.6 Å². The zero-order chi connectivity index (χ0) is 15.6. The summed E-state index contributed by atoms with van der Waals surface area (Å²) in [7, 11) is 0. The molecule has 0 bridgehead atoms. The summed E-state index contributed by atoms with van der Waals surface area (Å²) < 4.78 is 0. The van der Waals surface area contributed by atoms with E-state index in [1.807, 2.05) is 6.92 Å². The Morgan fingerprint density at radius 3 is 2.24 bits per heavy atom. The molecule has 3 atom stereocenters. The molecule has 2 rings (SSSR count). The number of ketones is 1. The lowest BCUT2D eigenvalue weighted by atomic mass is 10.1. The molecule has 21 heavy (non-hydrogen) atoms. The van der Waals surface area contributed by atoms with E-state index in [2.05, 4.69) is 12.6 Å². The molecule has 2 saturated heterocycles. The SMILES string of the molecule is CC(=O)[C@@H]1CCCN1C(=O)[C@@H]1CCCN1C(=O)[C@@H](C)CS. The van der Waals surface area contributed by atoms with Crippen molar-refractivity contribution in [3.05, 3.63) is 0 Å². The Labute approximate surface area is 131 Å². The predicted molar refractivity (Wildman–Crippen MR) is 83.2 cm³/mol. The summed E-state index contributed by atoms with van der Waals surface area (Å²) in [5.74, 6) is 0.296. The number of Topliss-reactive ketones (excluding diaryl/α,β-unsaturated/α-hetero) is 1. The second-order valence-corrected chi connectivity index (χ2v) is 6.44. The Kier molecular flexibility index (Phi) is 5.30. The van der Waals surface area contributed by atoms with Crippen LogP contribution in [0.5, 0.6) is 0 Å². The van der Waals surface area contributed by atoms with Gasteiger partial charge in [-0.1, -0.05) is 6.92 Å². The van der Waals surface area contributed by atoms with Crippen LogP contribution in [0.2, 0.25) is 0 Å². The van der Waals surface area contributed by atoms with Crippen molar-refractivity contribution in [1.29, 1.82) is 0 Å². The number of hydrogen-bond acceptors (Lipinski definition) is 4. The molecule has 0 radical (unpaired) electrons. The van der Waals surface area contributed by atoms with E-state index in [0.717, 1.165) is 19.3 Å². The average Bonchev–Trinajstić information content (AvgIpc) is 3.13. The summed E-state index contributed by atoms with van der Waals surface area (Å²) in [5.41, 5.74) is 0. The van der Waals surface area contributed by atoms with Gasteiger partial charge >= 0.3 is 0 Å². The summed E-state index contributed by atoms with van der Waals surface area (Å²) in [6.45, 7) is 4.63. The minimum absolute atomic E-state index is 0.000535. The topological polar surface area (TPSA) is 57.7 Å². The van der Waals surface area contributed by atoms with Gasteiger partial charge in [0.05, 0.1) is 6.04 Å². The number of thiol groups is 1. The van der Waals surface area contributed by atoms with E-state index in [0.29, 0.717) is 25.3 Å². The molecule has 0 spiro atoms. The van der Waals surface area contributed by atoms with Crippen molar-refractivity contribution >= 4 is 30.2 Å². The Morgan fingerprint density at radius 2 is 1.67 bits per heavy atom. The van der Waals surface area contributed by atoms with Crippen molar-refractivity contribution in [3.63, 3.8) is 0 Å². The van der Waals surface area contributed by atoms with E-state index in [4.69, 9.17) is 0 Å². The monoisotopic (exact) mass is 312 g/mol. The molecule has 2 amide bonds. The van der Waals surface area contributed by atoms with Crippen LogP contribution in [0.3, 0.4) is 0 Å². The highest BCUT2D eigenvalue weighted by Gasteiger charge is 2.41. The molecule has 6 heteroatoms. The lowest BCUT2D eigenvalue weighted by Gasteiger charge is -2.31. The molecule has 0 unspecified atom stereocenters. The minimum Gasteiger partial charge on any atom is -0.331 e. The van der Waals surface area contributed by atoms with Crippen molar-refractivity contribution in [2.45, 2.75) is 51.6 Å². The highest BCUT2D eigenvalue weighted by atomic mass is 32.1. The van der Waals surface area contributed by atoms with Crippen LogP contribution in [0.25, 0.3) is 0 Å². The number of rotatable bonds is 4. The van der Waals surface area contributed by atoms with Crippen LogP contribution in [0.1, 0.15) is 39.5 Å². The van der Waals surface area contributed by atoms with Gasteiger partial charge in [0.25, 0.3) is 0 Å². The first-order valence-electron chi connectivity index (χ1n) is 7.69. The molecule has 0 aliphatic carbocycles. The molecule has 0 saturated carbocycles. The summed E-state index contributed by atoms with van der Waals surface area (Å²) in [6, 6.07) is -0.683. The van der Waals surface area contributed by atoms with Gasteiger partial charge in [-0.25, -0.2) is 0 Å². The fourth-order valence-corrected chi connectivity index (χ4v) is 3.45. The Balaban J connectivity index is 2.10. The number of carbonyl (C=O) groups excluding carboxylic acids is 3. The highest BCUT2D eigenvalue weighted by molar-refractivity contribution is 7.80. The third kappa shape index (κ3) is 3.25. The lowest BCUT2D eigenvalue weighted by Crippen LogP contribution is -2.51. The van der Waals surface area contributed by atoms with Crippen molar-refractivity contribution in [2.24, 2.45) is 5.92 Å². The second-order valence-electron chi connectivity index (χ2n) is 6.07. The van der Waals surface area contributed by atoms with Crippen molar-refractivity contribution < 1.29 is 14.4 Å². The molecule has 0 aromatic heterocycles. The standard InChI is InChI=1S/C15H24N2O3S/c1-10(9-21)14(19)17-8-4-6-13(17)15(20)16-7-3-5-12(16)11(2)18/h10,12-13,21H,3-9H2,1-2H3/t10-,12-,13-/m0/s1. The Hall–Kier alpha value is -1.04. The smallest absolute Gasteiger partial charge is 0.245 e. The van der Waals surface area contributed by atoms with E-state index in [1.54, 1.807) is 9.80 Å². The van der Waals surface area contributed by atoms with Crippen LogP contribution in [-0.4, -0.2) is 58.3 Å². The largest absolute Gasteiger partial charge is 0.331 e. The van der Waals surface area contributed by atoms with Gasteiger partial charge in [0.1, 0.15) is 6.04 Å². The van der Waals surface area contributed by atoms with E-state index < -0.39 is 0 Å². The zero-order valence-corrected chi connectivity index (χ0v) is 13.6. The van der Waals surface area contributed by atoms with Gasteiger partial charge < -0.3 is 9.80 Å². The van der Waals surface area contributed by atoms with E-state index in [1.165, 1.54) is 6.92 Å². The third-order valence-corrected chi connectivity index (χ3v) is 5.07. The molecular formula is C15H24N2O3S. The van der Waals surface area contributed by atoms with Crippen LogP contribution in [-0.2, 0) is 14.4 Å². The van der Waals surface area contributed by atoms with Crippen molar-refractivity contribution in [3.8, 4) is 0 Å². The van der Waals surface area contributed by atoms with Gasteiger partial charge in [-0.3, -0.25) is 14.4 Å². The van der Waals surface area contributed by atoms with E-state index >= 15 is 0 Å². The van der Waals surface area contributed by atoms with Crippen LogP contribution < -0.4 is 0 Å². The number of hydrogen-bond donors (Lipinski definition) is 1. The number of carbonyl (C=O) groups is 3. The molecule has 5 nitrogen and oxygen atoms in total. The van der Waals surface area contributed by atoms with Gasteiger partial charge in [-0.2, -0.15) is 12.6 Å². The van der Waals surface area contributed by atoms with Crippen LogP contribution in [0, 0.1) is 5.92 Å². The molecule has 2 fully saturated rings. The van der Waals surface area contributed by atoms with Gasteiger partial charge in [-0.15, -0.1) is 0 Å². The fourth-order valence-electron chi connectivity index (χ4n) is 3.29. The number of likely N-dealkylation sites (tertiary alicyclic amines) is 2. The average molecular weight is 312 g/mol. The number of nitrogens with zero attached hydrogens (tertiary/aromatic N) is 2. The molecular weight excluding hydrogens is 288 g/mol. The normalized spacial score (nSPS) is 27.0. The summed E-state index contributed by atoms with van der Waals surface area (Å²) in [5, 5.41) is 0. The van der Waals surface area contributed by atoms with Gasteiger partial charge in [0.2, 0.25) is 11.8 Å². The first-order chi connectivity index (χ1) is 9.97. The Bertz CT molecular complexity index is 441. The third-order valence-electron chi connectivity index (χ3n) is 4.52. The first kappa shape index (κ1) is 16.3. The van der Waals surface area contributed by atoms with Crippen LogP contribution >= 0.6 is 12.6 Å². The highest BCUT2D eigenvalue weighted by Crippen LogP contribution is 2.26. The predicted octanol–water partition coefficient (Wildman–Crippen LogP) is 1.12. The van der Waals surface area contributed by atoms with Gasteiger partial charge in [0, 0.05) is 24.8 Å². The molecule has 0 aromatic rings. The lowest BCUT2D eigenvalue weighted by molar-refractivity contribution is -0.147. The summed E-state index contributed by atoms with van der Waals surface area (Å²) in [6.07, 6.45) is 3.16. The van der Waals surface area contributed by atoms with Gasteiger partial charge in [-0.05, 0) is 32.6 Å².